The Morgan fingerprint density at radius 1 is 1.15 bits per heavy atom. The maximum atomic E-state index is 5.41. The third kappa shape index (κ3) is 4.58. The predicted molar refractivity (Wildman–Crippen MR) is 104 cm³/mol. The second kappa shape index (κ2) is 9.08. The number of imidazole rings is 1. The Hall–Kier alpha value is -2.01. The topological polar surface area (TPSA) is 39.5 Å². The van der Waals surface area contributed by atoms with Crippen molar-refractivity contribution in [3.8, 4) is 11.5 Å². The van der Waals surface area contributed by atoms with E-state index in [9.17, 15) is 0 Å². The van der Waals surface area contributed by atoms with Crippen molar-refractivity contribution >= 4 is 0 Å². The smallest absolute Gasteiger partial charge is 0.122 e. The Kier molecular flexibility index (Phi) is 6.56. The number of hydrogen-bond donors (Lipinski definition) is 0. The Morgan fingerprint density at radius 3 is 2.62 bits per heavy atom. The van der Waals surface area contributed by atoms with E-state index >= 15 is 0 Å². The summed E-state index contributed by atoms with van der Waals surface area (Å²) in [6, 6.07) is 6.13. The number of aryl methyl sites for hydroxylation is 1. The lowest BCUT2D eigenvalue weighted by molar-refractivity contribution is 0.194. The van der Waals surface area contributed by atoms with E-state index in [0.29, 0.717) is 5.92 Å². The lowest BCUT2D eigenvalue weighted by Gasteiger charge is -2.32. The van der Waals surface area contributed by atoms with Crippen LogP contribution in [-0.4, -0.2) is 41.8 Å². The first-order chi connectivity index (χ1) is 12.7. The minimum atomic E-state index is 0.517. The molecule has 3 rings (SSSR count). The lowest BCUT2D eigenvalue weighted by atomic mass is 9.96. The van der Waals surface area contributed by atoms with Crippen LogP contribution in [0.2, 0.25) is 0 Å². The number of aromatic nitrogens is 2. The van der Waals surface area contributed by atoms with Crippen LogP contribution in [0.25, 0.3) is 0 Å². The zero-order valence-corrected chi connectivity index (χ0v) is 16.3. The second-order valence-electron chi connectivity index (χ2n) is 7.13. The number of unbranched alkanes of at least 4 members (excludes halogenated alkanes) is 1. The number of benzene rings is 1. The summed E-state index contributed by atoms with van der Waals surface area (Å²) in [5, 5.41) is 0. The number of ether oxygens (including phenoxy) is 2. The summed E-state index contributed by atoms with van der Waals surface area (Å²) in [7, 11) is 3.40. The highest BCUT2D eigenvalue weighted by Gasteiger charge is 2.24. The molecule has 0 aliphatic carbocycles. The van der Waals surface area contributed by atoms with E-state index in [0.717, 1.165) is 37.7 Å². The summed E-state index contributed by atoms with van der Waals surface area (Å²) < 4.78 is 13.2. The number of likely N-dealkylation sites (tertiary alicyclic amines) is 1. The summed E-state index contributed by atoms with van der Waals surface area (Å²) >= 11 is 0. The molecule has 142 valence electrons. The molecule has 1 unspecified atom stereocenters. The molecule has 1 aliphatic rings. The van der Waals surface area contributed by atoms with E-state index in [2.05, 4.69) is 39.7 Å². The van der Waals surface area contributed by atoms with Gasteiger partial charge < -0.3 is 14.0 Å². The van der Waals surface area contributed by atoms with Crippen LogP contribution in [0, 0.1) is 0 Å². The molecule has 1 saturated heterocycles. The average Bonchev–Trinajstić information content (AvgIpc) is 3.14. The van der Waals surface area contributed by atoms with Gasteiger partial charge in [0, 0.05) is 44.0 Å². The monoisotopic (exact) mass is 357 g/mol. The number of methoxy groups -OCH3 is 2. The fourth-order valence-electron chi connectivity index (χ4n) is 3.82. The summed E-state index contributed by atoms with van der Waals surface area (Å²) in [6.07, 6.45) is 8.96. The average molecular weight is 357 g/mol. The Labute approximate surface area is 156 Å². The molecule has 1 atom stereocenters. The lowest BCUT2D eigenvalue weighted by Crippen LogP contribution is -2.35. The van der Waals surface area contributed by atoms with Crippen LogP contribution in [-0.2, 0) is 13.1 Å². The van der Waals surface area contributed by atoms with E-state index in [1.807, 2.05) is 12.3 Å². The van der Waals surface area contributed by atoms with Gasteiger partial charge in [0.15, 0.2) is 0 Å². The number of rotatable bonds is 8. The Balaban J connectivity index is 1.68. The Morgan fingerprint density at radius 2 is 1.92 bits per heavy atom. The van der Waals surface area contributed by atoms with Crippen LogP contribution >= 0.6 is 0 Å². The van der Waals surface area contributed by atoms with Crippen LogP contribution in [0.15, 0.2) is 30.6 Å². The van der Waals surface area contributed by atoms with Crippen LogP contribution in [0.3, 0.4) is 0 Å². The molecule has 0 bridgehead atoms. The van der Waals surface area contributed by atoms with Gasteiger partial charge in [0.2, 0.25) is 0 Å². The van der Waals surface area contributed by atoms with Gasteiger partial charge in [0.25, 0.3) is 0 Å². The van der Waals surface area contributed by atoms with Crippen molar-refractivity contribution in [3.05, 3.63) is 42.0 Å². The largest absolute Gasteiger partial charge is 0.497 e. The third-order valence-corrected chi connectivity index (χ3v) is 5.19. The molecule has 2 aromatic rings. The molecule has 5 heteroatoms. The Bertz CT molecular complexity index is 676. The maximum Gasteiger partial charge on any atom is 0.122 e. The van der Waals surface area contributed by atoms with E-state index in [1.165, 1.54) is 37.1 Å². The highest BCUT2D eigenvalue weighted by Crippen LogP contribution is 2.29. The van der Waals surface area contributed by atoms with Gasteiger partial charge in [-0.1, -0.05) is 13.3 Å². The molecule has 1 aromatic heterocycles. The fourth-order valence-corrected chi connectivity index (χ4v) is 3.82. The van der Waals surface area contributed by atoms with Gasteiger partial charge in [-0.15, -0.1) is 0 Å². The van der Waals surface area contributed by atoms with E-state index < -0.39 is 0 Å². The number of piperidine rings is 1. The molecule has 1 aliphatic heterocycles. The molecule has 0 N–H and O–H groups in total. The molecule has 26 heavy (non-hydrogen) atoms. The molecule has 0 spiro atoms. The summed E-state index contributed by atoms with van der Waals surface area (Å²) in [5.41, 5.74) is 1.23. The van der Waals surface area contributed by atoms with E-state index in [1.54, 1.807) is 14.2 Å². The van der Waals surface area contributed by atoms with E-state index in [-0.39, 0.29) is 0 Å². The molecule has 0 radical (unpaired) electrons. The van der Waals surface area contributed by atoms with Gasteiger partial charge in [-0.2, -0.15) is 0 Å². The zero-order chi connectivity index (χ0) is 18.4. The van der Waals surface area contributed by atoms with Crippen molar-refractivity contribution in [1.82, 2.24) is 14.5 Å². The first-order valence-corrected chi connectivity index (χ1v) is 9.68. The van der Waals surface area contributed by atoms with Crippen LogP contribution < -0.4 is 9.47 Å². The molecular weight excluding hydrogens is 326 g/mol. The first-order valence-electron chi connectivity index (χ1n) is 9.68. The zero-order valence-electron chi connectivity index (χ0n) is 16.3. The minimum absolute atomic E-state index is 0.517. The summed E-state index contributed by atoms with van der Waals surface area (Å²) in [5.74, 6) is 3.47. The molecule has 0 amide bonds. The fraction of sp³-hybridized carbons (Fsp3) is 0.571. The van der Waals surface area contributed by atoms with Gasteiger partial charge in [0.1, 0.15) is 17.3 Å². The second-order valence-corrected chi connectivity index (χ2v) is 7.13. The molecule has 0 saturated carbocycles. The minimum Gasteiger partial charge on any atom is -0.497 e. The van der Waals surface area contributed by atoms with Crippen molar-refractivity contribution in [2.24, 2.45) is 0 Å². The van der Waals surface area contributed by atoms with Crippen molar-refractivity contribution in [2.75, 3.05) is 27.3 Å². The normalized spacial score (nSPS) is 18.0. The third-order valence-electron chi connectivity index (χ3n) is 5.19. The molecule has 1 aromatic carbocycles. The first kappa shape index (κ1) is 18.8. The molecular formula is C21H31N3O2. The highest BCUT2D eigenvalue weighted by molar-refractivity contribution is 5.38. The van der Waals surface area contributed by atoms with Crippen molar-refractivity contribution in [1.29, 1.82) is 0 Å². The van der Waals surface area contributed by atoms with Crippen molar-refractivity contribution in [3.63, 3.8) is 0 Å². The SMILES string of the molecule is CCCCn1ccnc1C1CCCN(Cc2cc(OC)cc(OC)c2)C1. The van der Waals surface area contributed by atoms with Gasteiger partial charge in [-0.3, -0.25) is 4.90 Å². The van der Waals surface area contributed by atoms with Crippen molar-refractivity contribution in [2.45, 2.75) is 51.6 Å². The molecule has 1 fully saturated rings. The maximum absolute atomic E-state index is 5.41. The molecule has 2 heterocycles. The number of nitrogens with zero attached hydrogens (tertiary/aromatic N) is 3. The van der Waals surface area contributed by atoms with Gasteiger partial charge in [-0.25, -0.2) is 4.98 Å². The standard InChI is InChI=1S/C21H31N3O2/c1-4-5-10-24-11-8-22-21(24)18-7-6-9-23(16-18)15-17-12-19(25-2)14-20(13-17)26-3/h8,11-14,18H,4-7,9-10,15-16H2,1-3H3. The van der Waals surface area contributed by atoms with Crippen molar-refractivity contribution < 1.29 is 9.47 Å². The predicted octanol–water partition coefficient (Wildman–Crippen LogP) is 4.08. The van der Waals surface area contributed by atoms with Crippen LogP contribution in [0.5, 0.6) is 11.5 Å². The quantitative estimate of drug-likeness (QED) is 0.714. The number of hydrogen-bond acceptors (Lipinski definition) is 4. The van der Waals surface area contributed by atoms with Gasteiger partial charge in [-0.05, 0) is 43.5 Å². The van der Waals surface area contributed by atoms with Crippen LogP contribution in [0.1, 0.15) is 49.9 Å². The molecule has 5 nitrogen and oxygen atoms in total. The van der Waals surface area contributed by atoms with Gasteiger partial charge in [0.05, 0.1) is 14.2 Å². The summed E-state index contributed by atoms with van der Waals surface area (Å²) in [6.45, 7) is 6.42. The van der Waals surface area contributed by atoms with E-state index in [4.69, 9.17) is 9.47 Å². The highest BCUT2D eigenvalue weighted by atomic mass is 16.5. The van der Waals surface area contributed by atoms with Crippen LogP contribution in [0.4, 0.5) is 0 Å². The summed E-state index contributed by atoms with van der Waals surface area (Å²) in [4.78, 5) is 7.21. The van der Waals surface area contributed by atoms with Gasteiger partial charge >= 0.3 is 0 Å².